The van der Waals surface area contributed by atoms with Crippen LogP contribution in [-0.2, 0) is 16.1 Å². The van der Waals surface area contributed by atoms with Crippen molar-refractivity contribution in [2.45, 2.75) is 32.0 Å². The van der Waals surface area contributed by atoms with Gasteiger partial charge in [0.1, 0.15) is 0 Å². The number of rotatable bonds is 6. The van der Waals surface area contributed by atoms with E-state index in [1.54, 1.807) is 4.57 Å². The molecular formula is C29H34N4O5S. The van der Waals surface area contributed by atoms with Crippen LogP contribution in [0.2, 0.25) is 0 Å². The highest BCUT2D eigenvalue weighted by atomic mass is 32.2. The minimum atomic E-state index is -0.122. The van der Waals surface area contributed by atoms with Crippen molar-refractivity contribution in [3.8, 4) is 11.5 Å². The van der Waals surface area contributed by atoms with Crippen LogP contribution < -0.4 is 19.9 Å². The second-order valence-electron chi connectivity index (χ2n) is 10.8. The minimum Gasteiger partial charge on any atom is -0.454 e. The number of morpholine rings is 1. The first-order valence-corrected chi connectivity index (χ1v) is 14.6. The number of nitrogens with zero attached hydrogens (tertiary/aromatic N) is 4. The number of benzene rings is 2. The second-order valence-corrected chi connectivity index (χ2v) is 11.8. The van der Waals surface area contributed by atoms with E-state index in [4.69, 9.17) is 19.2 Å². The highest BCUT2D eigenvalue weighted by Crippen LogP contribution is 2.33. The van der Waals surface area contributed by atoms with Crippen molar-refractivity contribution < 1.29 is 19.0 Å². The molecule has 2 atom stereocenters. The quantitative estimate of drug-likeness (QED) is 0.340. The van der Waals surface area contributed by atoms with Crippen LogP contribution in [0.25, 0.3) is 10.9 Å². The predicted molar refractivity (Wildman–Crippen MR) is 151 cm³/mol. The number of hydrogen-bond acceptors (Lipinski definition) is 8. The molecule has 206 valence electrons. The van der Waals surface area contributed by atoms with Gasteiger partial charge < -0.3 is 24.0 Å². The Hall–Kier alpha value is -3.24. The zero-order valence-corrected chi connectivity index (χ0v) is 23.2. The number of amides is 1. The monoisotopic (exact) mass is 550 g/mol. The fourth-order valence-electron chi connectivity index (χ4n) is 5.76. The van der Waals surface area contributed by atoms with Crippen molar-refractivity contribution in [1.29, 1.82) is 0 Å². The summed E-state index contributed by atoms with van der Waals surface area (Å²) in [5.41, 5.74) is 2.40. The molecule has 2 fully saturated rings. The average Bonchev–Trinajstić information content (AvgIpc) is 3.41. The van der Waals surface area contributed by atoms with Gasteiger partial charge in [0.05, 0.1) is 36.4 Å². The molecule has 39 heavy (non-hydrogen) atoms. The number of fused-ring (bicyclic) bond motifs is 2. The van der Waals surface area contributed by atoms with E-state index in [0.29, 0.717) is 59.2 Å². The number of carbonyl (C=O) groups is 1. The Morgan fingerprint density at radius 3 is 2.59 bits per heavy atom. The summed E-state index contributed by atoms with van der Waals surface area (Å²) in [4.78, 5) is 36.2. The van der Waals surface area contributed by atoms with Crippen molar-refractivity contribution in [2.75, 3.05) is 56.8 Å². The average molecular weight is 551 g/mol. The number of anilines is 1. The maximum Gasteiger partial charge on any atom is 0.262 e. The standard InChI is InChI=1S/C29H34N4O5S/c1-19-11-20(2)15-32(14-19)27(34)17-39-29-30-24-5-4-22(31-7-9-36-10-8-31)13-23(24)28(35)33(29)16-21-3-6-25-26(12-21)38-18-37-25/h3-6,12-13,19-20H,7-11,14-18H2,1-2H3/t19-,20+. The third-order valence-electron chi connectivity index (χ3n) is 7.60. The Balaban J connectivity index is 1.33. The van der Waals surface area contributed by atoms with Gasteiger partial charge in [0.15, 0.2) is 16.7 Å². The third kappa shape index (κ3) is 5.58. The van der Waals surface area contributed by atoms with Crippen molar-refractivity contribution >= 4 is 34.3 Å². The number of piperidine rings is 1. The van der Waals surface area contributed by atoms with E-state index >= 15 is 0 Å². The highest BCUT2D eigenvalue weighted by molar-refractivity contribution is 7.99. The van der Waals surface area contributed by atoms with Crippen LogP contribution in [0.5, 0.6) is 11.5 Å². The van der Waals surface area contributed by atoms with Crippen molar-refractivity contribution in [3.05, 3.63) is 52.3 Å². The van der Waals surface area contributed by atoms with Crippen molar-refractivity contribution in [1.82, 2.24) is 14.5 Å². The van der Waals surface area contributed by atoms with Gasteiger partial charge in [0, 0.05) is 31.9 Å². The summed E-state index contributed by atoms with van der Waals surface area (Å²) in [7, 11) is 0. The predicted octanol–water partition coefficient (Wildman–Crippen LogP) is 3.61. The topological polar surface area (TPSA) is 86.1 Å². The van der Waals surface area contributed by atoms with Crippen LogP contribution >= 0.6 is 11.8 Å². The molecule has 9 nitrogen and oxygen atoms in total. The summed E-state index contributed by atoms with van der Waals surface area (Å²) < 4.78 is 18.2. The molecule has 1 amide bonds. The number of ether oxygens (including phenoxy) is 3. The van der Waals surface area contributed by atoms with Crippen LogP contribution in [0.1, 0.15) is 25.8 Å². The molecule has 3 aliphatic heterocycles. The first-order valence-electron chi connectivity index (χ1n) is 13.6. The van der Waals surface area contributed by atoms with Crippen LogP contribution in [0.15, 0.2) is 46.3 Å². The molecule has 0 radical (unpaired) electrons. The number of likely N-dealkylation sites (tertiary alicyclic amines) is 1. The number of aromatic nitrogens is 2. The van der Waals surface area contributed by atoms with E-state index in [-0.39, 0.29) is 24.0 Å². The summed E-state index contributed by atoms with van der Waals surface area (Å²) in [6, 6.07) is 11.6. The SMILES string of the molecule is C[C@@H]1C[C@H](C)CN(C(=O)CSc2nc3ccc(N4CCOCC4)cc3c(=O)n2Cc2ccc3c(c2)OCO3)C1. The summed E-state index contributed by atoms with van der Waals surface area (Å²) in [5.74, 6) is 2.68. The second kappa shape index (κ2) is 11.1. The Kier molecular flexibility index (Phi) is 7.40. The molecule has 10 heteroatoms. The molecule has 0 saturated carbocycles. The summed E-state index contributed by atoms with van der Waals surface area (Å²) >= 11 is 1.33. The van der Waals surface area contributed by atoms with E-state index in [9.17, 15) is 9.59 Å². The fourth-order valence-corrected chi connectivity index (χ4v) is 6.66. The Morgan fingerprint density at radius 1 is 1.03 bits per heavy atom. The highest BCUT2D eigenvalue weighted by Gasteiger charge is 2.26. The van der Waals surface area contributed by atoms with E-state index < -0.39 is 0 Å². The largest absolute Gasteiger partial charge is 0.454 e. The zero-order valence-electron chi connectivity index (χ0n) is 22.4. The molecule has 0 N–H and O–H groups in total. The van der Waals surface area contributed by atoms with Gasteiger partial charge in [0.2, 0.25) is 12.7 Å². The Bertz CT molecular complexity index is 1430. The van der Waals surface area contributed by atoms with Gasteiger partial charge in [-0.3, -0.25) is 14.2 Å². The minimum absolute atomic E-state index is 0.0880. The van der Waals surface area contributed by atoms with E-state index in [1.807, 2.05) is 41.3 Å². The molecule has 6 rings (SSSR count). The molecule has 3 aromatic rings. The molecule has 2 saturated heterocycles. The molecule has 0 unspecified atom stereocenters. The van der Waals surface area contributed by atoms with Gasteiger partial charge in [-0.25, -0.2) is 4.98 Å². The molecule has 0 aliphatic carbocycles. The van der Waals surface area contributed by atoms with E-state index in [2.05, 4.69) is 18.7 Å². The van der Waals surface area contributed by atoms with Gasteiger partial charge in [-0.1, -0.05) is 31.7 Å². The van der Waals surface area contributed by atoms with Crippen LogP contribution in [0, 0.1) is 11.8 Å². The lowest BCUT2D eigenvalue weighted by Gasteiger charge is -2.35. The van der Waals surface area contributed by atoms with Gasteiger partial charge in [-0.15, -0.1) is 0 Å². The van der Waals surface area contributed by atoms with Gasteiger partial charge in [-0.2, -0.15) is 0 Å². The van der Waals surface area contributed by atoms with Gasteiger partial charge >= 0.3 is 0 Å². The van der Waals surface area contributed by atoms with E-state index in [0.717, 1.165) is 43.9 Å². The molecule has 2 aromatic carbocycles. The Morgan fingerprint density at radius 2 is 1.79 bits per heavy atom. The smallest absolute Gasteiger partial charge is 0.262 e. The summed E-state index contributed by atoms with van der Waals surface area (Å²) in [6.45, 7) is 9.37. The summed E-state index contributed by atoms with van der Waals surface area (Å²) in [6.07, 6.45) is 1.14. The number of thioether (sulfide) groups is 1. The molecule has 0 spiro atoms. The first kappa shape index (κ1) is 26.0. The maximum atomic E-state index is 14.0. The van der Waals surface area contributed by atoms with Crippen molar-refractivity contribution in [2.24, 2.45) is 11.8 Å². The Labute approximate surface area is 232 Å². The summed E-state index contributed by atoms with van der Waals surface area (Å²) in [5, 5.41) is 1.10. The number of carbonyl (C=O) groups excluding carboxylic acids is 1. The lowest BCUT2D eigenvalue weighted by atomic mass is 9.92. The van der Waals surface area contributed by atoms with Crippen molar-refractivity contribution in [3.63, 3.8) is 0 Å². The normalized spacial score (nSPS) is 21.0. The van der Waals surface area contributed by atoms with E-state index in [1.165, 1.54) is 11.8 Å². The van der Waals surface area contributed by atoms with Crippen LogP contribution in [0.4, 0.5) is 5.69 Å². The molecule has 3 aliphatic rings. The lowest BCUT2D eigenvalue weighted by Crippen LogP contribution is -2.43. The number of hydrogen-bond donors (Lipinski definition) is 0. The molecule has 1 aromatic heterocycles. The zero-order chi connectivity index (χ0) is 26.9. The van der Waals surface area contributed by atoms with Gasteiger partial charge in [0.25, 0.3) is 5.56 Å². The van der Waals surface area contributed by atoms with Gasteiger partial charge in [-0.05, 0) is 54.2 Å². The maximum absolute atomic E-state index is 14.0. The molecule has 4 heterocycles. The van der Waals surface area contributed by atoms with Crippen LogP contribution in [-0.4, -0.2) is 72.3 Å². The lowest BCUT2D eigenvalue weighted by molar-refractivity contribution is -0.130. The molecule has 0 bridgehead atoms. The third-order valence-corrected chi connectivity index (χ3v) is 8.56. The first-order chi connectivity index (χ1) is 18.9. The van der Waals surface area contributed by atoms with Crippen LogP contribution in [0.3, 0.4) is 0 Å². The fraction of sp³-hybridized carbons (Fsp3) is 0.483. The molecular weight excluding hydrogens is 516 g/mol.